The van der Waals surface area contributed by atoms with Crippen molar-refractivity contribution in [3.05, 3.63) is 29.3 Å². The number of amides is 1. The van der Waals surface area contributed by atoms with Gasteiger partial charge in [-0.25, -0.2) is 13.6 Å². The fraction of sp³-hybridized carbons (Fsp3) is 0.417. The first-order chi connectivity index (χ1) is 10.6. The third kappa shape index (κ3) is 3.31. The molecule has 1 aliphatic rings. The molecule has 11 heteroatoms. The van der Waals surface area contributed by atoms with Crippen molar-refractivity contribution in [3.8, 4) is 0 Å². The number of hydrogen-bond donors (Lipinski definition) is 1. The molecule has 23 heavy (non-hydrogen) atoms. The Hall–Kier alpha value is -1.32. The number of carbonyl (C=O) groups is 1. The second-order valence-electron chi connectivity index (χ2n) is 4.44. The highest BCUT2D eigenvalue weighted by molar-refractivity contribution is 6.44. The van der Waals surface area contributed by atoms with Gasteiger partial charge in [0.05, 0.1) is 17.9 Å². The largest absolute Gasteiger partial charge is 0.460 e. The van der Waals surface area contributed by atoms with Gasteiger partial charge in [-0.15, -0.1) is 23.2 Å². The topological polar surface area (TPSA) is 47.6 Å². The minimum absolute atomic E-state index is 0.266. The Morgan fingerprint density at radius 1 is 1.30 bits per heavy atom. The zero-order valence-electron chi connectivity index (χ0n) is 11.0. The van der Waals surface area contributed by atoms with Crippen LogP contribution < -0.4 is 5.32 Å². The zero-order chi connectivity index (χ0) is 17.4. The molecule has 0 saturated heterocycles. The first kappa shape index (κ1) is 18.0. The fourth-order valence-electron chi connectivity index (χ4n) is 1.97. The Morgan fingerprint density at radius 2 is 1.96 bits per heavy atom. The van der Waals surface area contributed by atoms with E-state index in [1.54, 1.807) is 0 Å². The van der Waals surface area contributed by atoms with Crippen LogP contribution in [-0.2, 0) is 15.3 Å². The molecular weight excluding hydrogens is 372 g/mol. The number of anilines is 1. The number of carbonyl (C=O) groups excluding carboxylic acids is 1. The second kappa shape index (κ2) is 6.29. The van der Waals surface area contributed by atoms with Crippen molar-refractivity contribution in [2.24, 2.45) is 0 Å². The summed E-state index contributed by atoms with van der Waals surface area (Å²) in [6.45, 7) is -0.722. The first-order valence-corrected chi connectivity index (χ1v) is 6.93. The Morgan fingerprint density at radius 3 is 2.52 bits per heavy atom. The van der Waals surface area contributed by atoms with Crippen LogP contribution in [0.25, 0.3) is 0 Å². The van der Waals surface area contributed by atoms with E-state index in [1.165, 1.54) is 0 Å². The minimum Gasteiger partial charge on any atom is -0.402 e. The smallest absolute Gasteiger partial charge is 0.402 e. The van der Waals surface area contributed by atoms with Crippen molar-refractivity contribution in [3.63, 3.8) is 0 Å². The number of halogens is 7. The molecule has 1 aliphatic heterocycles. The van der Waals surface area contributed by atoms with Crippen LogP contribution in [-0.4, -0.2) is 23.7 Å². The molecule has 1 aromatic carbocycles. The third-order valence-electron chi connectivity index (χ3n) is 2.91. The third-order valence-corrected chi connectivity index (χ3v) is 3.35. The molecule has 2 rings (SSSR count). The van der Waals surface area contributed by atoms with Crippen LogP contribution >= 0.6 is 23.2 Å². The normalized spacial score (nSPS) is 21.0. The maximum atomic E-state index is 14.0. The predicted molar refractivity (Wildman–Crippen MR) is 70.3 cm³/mol. The van der Waals surface area contributed by atoms with Gasteiger partial charge in [0.2, 0.25) is 0 Å². The van der Waals surface area contributed by atoms with Crippen molar-refractivity contribution in [2.75, 3.05) is 11.9 Å². The van der Waals surface area contributed by atoms with Crippen LogP contribution in [0.3, 0.4) is 0 Å². The van der Waals surface area contributed by atoms with Crippen LogP contribution in [0.1, 0.15) is 12.0 Å². The van der Waals surface area contributed by atoms with E-state index in [0.717, 1.165) is 6.07 Å². The Labute approximate surface area is 136 Å². The number of fused-ring (bicyclic) bond motifs is 1. The standard InChI is InChI=1S/C12H8Cl2F5NO3/c13-7(14)3-4-22-11(12(17,18)19)8-6(20-10(21)23-11)2-1-5(15)9(8)16/h1-2,7H,3-4H2,(H,20,21)/t11-/m0/s1. The van der Waals surface area contributed by atoms with Crippen molar-refractivity contribution >= 4 is 35.0 Å². The highest BCUT2D eigenvalue weighted by Gasteiger charge is 2.65. The van der Waals surface area contributed by atoms with E-state index >= 15 is 0 Å². The van der Waals surface area contributed by atoms with Crippen molar-refractivity contribution in [1.82, 2.24) is 0 Å². The molecule has 1 amide bonds. The van der Waals surface area contributed by atoms with Gasteiger partial charge in [0, 0.05) is 6.42 Å². The summed E-state index contributed by atoms with van der Waals surface area (Å²) in [5, 5.41) is 1.85. The lowest BCUT2D eigenvalue weighted by Gasteiger charge is -2.38. The molecule has 0 fully saturated rings. The number of alkyl halides is 5. The molecule has 0 unspecified atom stereocenters. The first-order valence-electron chi connectivity index (χ1n) is 6.06. The van der Waals surface area contributed by atoms with Gasteiger partial charge in [0.25, 0.3) is 0 Å². The molecule has 1 N–H and O–H groups in total. The van der Waals surface area contributed by atoms with Gasteiger partial charge in [-0.05, 0) is 12.1 Å². The van der Waals surface area contributed by atoms with Crippen LogP contribution in [0, 0.1) is 11.6 Å². The van der Waals surface area contributed by atoms with E-state index in [-0.39, 0.29) is 6.42 Å². The van der Waals surface area contributed by atoms with E-state index in [9.17, 15) is 26.7 Å². The maximum absolute atomic E-state index is 14.0. The van der Waals surface area contributed by atoms with E-state index in [0.29, 0.717) is 6.07 Å². The molecule has 0 spiro atoms. The molecule has 0 aliphatic carbocycles. The molecule has 1 heterocycles. The zero-order valence-corrected chi connectivity index (χ0v) is 12.5. The van der Waals surface area contributed by atoms with Gasteiger partial charge in [0.15, 0.2) is 11.6 Å². The molecule has 0 saturated carbocycles. The Kier molecular flexibility index (Phi) is 4.93. The van der Waals surface area contributed by atoms with E-state index in [4.69, 9.17) is 23.2 Å². The van der Waals surface area contributed by atoms with Crippen LogP contribution in [0.5, 0.6) is 0 Å². The molecule has 4 nitrogen and oxygen atoms in total. The van der Waals surface area contributed by atoms with Crippen molar-refractivity contribution in [2.45, 2.75) is 23.2 Å². The summed E-state index contributed by atoms with van der Waals surface area (Å²) in [6, 6.07) is 1.33. The minimum atomic E-state index is -5.39. The van der Waals surface area contributed by atoms with Gasteiger partial charge in [-0.2, -0.15) is 13.2 Å². The highest BCUT2D eigenvalue weighted by Crippen LogP contribution is 2.49. The molecule has 0 aromatic heterocycles. The van der Waals surface area contributed by atoms with Gasteiger partial charge in [-0.3, -0.25) is 5.32 Å². The predicted octanol–water partition coefficient (Wildman–Crippen LogP) is 4.45. The molecule has 128 valence electrons. The quantitative estimate of drug-likeness (QED) is 0.620. The van der Waals surface area contributed by atoms with Crippen LogP contribution in [0.15, 0.2) is 12.1 Å². The number of cyclic esters (lactones) is 1. The lowest BCUT2D eigenvalue weighted by atomic mass is 10.00. The van der Waals surface area contributed by atoms with Gasteiger partial charge >= 0.3 is 18.1 Å². The molecule has 1 aromatic rings. The van der Waals surface area contributed by atoms with E-state index < -0.39 is 52.4 Å². The van der Waals surface area contributed by atoms with E-state index in [1.807, 2.05) is 5.32 Å². The molecule has 1 atom stereocenters. The number of rotatable bonds is 4. The van der Waals surface area contributed by atoms with E-state index in [2.05, 4.69) is 9.47 Å². The van der Waals surface area contributed by atoms with Crippen molar-refractivity contribution in [1.29, 1.82) is 0 Å². The second-order valence-corrected chi connectivity index (χ2v) is 5.72. The summed E-state index contributed by atoms with van der Waals surface area (Å²) in [4.78, 5) is 10.3. The lowest BCUT2D eigenvalue weighted by molar-refractivity contribution is -0.372. The summed E-state index contributed by atoms with van der Waals surface area (Å²) in [7, 11) is 0. The Bertz CT molecular complexity index is 625. The van der Waals surface area contributed by atoms with Gasteiger partial charge in [0.1, 0.15) is 4.84 Å². The fourth-order valence-corrected chi connectivity index (χ4v) is 2.15. The van der Waals surface area contributed by atoms with Gasteiger partial charge < -0.3 is 9.47 Å². The lowest BCUT2D eigenvalue weighted by Crippen LogP contribution is -2.53. The maximum Gasteiger partial charge on any atom is 0.460 e. The summed E-state index contributed by atoms with van der Waals surface area (Å²) in [5.41, 5.74) is -1.93. The molecule has 0 bridgehead atoms. The monoisotopic (exact) mass is 379 g/mol. The Balaban J connectivity index is 2.58. The van der Waals surface area contributed by atoms with Crippen molar-refractivity contribution < 1.29 is 36.2 Å². The summed E-state index contributed by atoms with van der Waals surface area (Å²) < 4.78 is 76.6. The van der Waals surface area contributed by atoms with Gasteiger partial charge in [-0.1, -0.05) is 0 Å². The number of hydrogen-bond acceptors (Lipinski definition) is 3. The summed E-state index contributed by atoms with van der Waals surface area (Å²) in [5.74, 6) is -7.22. The molecular formula is C12H8Cl2F5NO3. The highest BCUT2D eigenvalue weighted by atomic mass is 35.5. The van der Waals surface area contributed by atoms with Crippen LogP contribution in [0.2, 0.25) is 0 Å². The van der Waals surface area contributed by atoms with Crippen LogP contribution in [0.4, 0.5) is 32.4 Å². The number of ether oxygens (including phenoxy) is 2. The average molecular weight is 380 g/mol. The number of benzene rings is 1. The summed E-state index contributed by atoms with van der Waals surface area (Å²) in [6.07, 6.45) is -7.19. The molecule has 0 radical (unpaired) electrons. The number of nitrogens with one attached hydrogen (secondary N) is 1. The SMILES string of the molecule is O=C1Nc2ccc(F)c(F)c2[C@@](OCCC(Cl)Cl)(C(F)(F)F)O1. The summed E-state index contributed by atoms with van der Waals surface area (Å²) >= 11 is 10.8. The average Bonchev–Trinajstić information content (AvgIpc) is 2.40.